The number of hydrogen-bond acceptors (Lipinski definition) is 2. The molecule has 1 radical (unpaired) electrons. The van der Waals surface area contributed by atoms with Crippen molar-refractivity contribution < 1.29 is 9.53 Å². The predicted octanol–water partition coefficient (Wildman–Crippen LogP) is 1.30. The SMILES string of the molecule is C=C(C)C(=O)OCC[S]. The summed E-state index contributed by atoms with van der Waals surface area (Å²) in [7, 11) is 0. The maximum absolute atomic E-state index is 10.5. The Kier molecular flexibility index (Phi) is 4.22. The lowest BCUT2D eigenvalue weighted by atomic mass is 10.4. The van der Waals surface area contributed by atoms with Crippen LogP contribution in [0.25, 0.3) is 0 Å². The van der Waals surface area contributed by atoms with E-state index in [1.807, 2.05) is 0 Å². The van der Waals surface area contributed by atoms with E-state index in [1.165, 1.54) is 0 Å². The number of rotatable bonds is 3. The molecule has 0 spiro atoms. The Morgan fingerprint density at radius 2 is 2.33 bits per heavy atom. The zero-order valence-electron chi connectivity index (χ0n) is 5.35. The second-order valence-electron chi connectivity index (χ2n) is 1.62. The van der Waals surface area contributed by atoms with Crippen molar-refractivity contribution in [2.75, 3.05) is 12.4 Å². The summed E-state index contributed by atoms with van der Waals surface area (Å²) < 4.78 is 4.61. The van der Waals surface area contributed by atoms with Gasteiger partial charge in [-0.1, -0.05) is 19.2 Å². The van der Waals surface area contributed by atoms with Crippen LogP contribution in [0.3, 0.4) is 0 Å². The smallest absolute Gasteiger partial charge is 0.333 e. The number of esters is 1. The fraction of sp³-hybridized carbons (Fsp3) is 0.500. The van der Waals surface area contributed by atoms with Crippen LogP contribution in [-0.2, 0) is 9.53 Å². The Hall–Kier alpha value is -0.440. The second-order valence-corrected chi connectivity index (χ2v) is 2.03. The summed E-state index contributed by atoms with van der Waals surface area (Å²) >= 11 is 4.55. The van der Waals surface area contributed by atoms with Gasteiger partial charge < -0.3 is 4.74 Å². The van der Waals surface area contributed by atoms with Gasteiger partial charge in [-0.2, -0.15) is 0 Å². The molecule has 0 bridgehead atoms. The minimum atomic E-state index is -0.361. The molecule has 51 valence electrons. The van der Waals surface area contributed by atoms with Gasteiger partial charge in [-0.3, -0.25) is 0 Å². The molecular weight excluding hydrogens is 136 g/mol. The molecule has 0 fully saturated rings. The van der Waals surface area contributed by atoms with Crippen molar-refractivity contribution >= 4 is 18.6 Å². The summed E-state index contributed by atoms with van der Waals surface area (Å²) in [4.78, 5) is 10.5. The quantitative estimate of drug-likeness (QED) is 0.442. The molecule has 9 heavy (non-hydrogen) atoms. The van der Waals surface area contributed by atoms with Gasteiger partial charge in [0.1, 0.15) is 6.61 Å². The van der Waals surface area contributed by atoms with E-state index in [1.54, 1.807) is 6.92 Å². The van der Waals surface area contributed by atoms with Crippen molar-refractivity contribution in [3.8, 4) is 0 Å². The van der Waals surface area contributed by atoms with Crippen LogP contribution in [0.2, 0.25) is 0 Å². The molecule has 0 N–H and O–H groups in total. The Morgan fingerprint density at radius 1 is 1.78 bits per heavy atom. The lowest BCUT2D eigenvalue weighted by molar-refractivity contribution is -0.138. The minimum Gasteiger partial charge on any atom is -0.461 e. The highest BCUT2D eigenvalue weighted by atomic mass is 32.1. The summed E-state index contributed by atoms with van der Waals surface area (Å²) in [6.07, 6.45) is 0. The molecule has 0 saturated carbocycles. The van der Waals surface area contributed by atoms with Crippen LogP contribution in [0.4, 0.5) is 0 Å². The van der Waals surface area contributed by atoms with E-state index in [0.717, 1.165) is 0 Å². The van der Waals surface area contributed by atoms with Crippen molar-refractivity contribution in [3.63, 3.8) is 0 Å². The molecule has 0 aromatic rings. The van der Waals surface area contributed by atoms with Crippen LogP contribution >= 0.6 is 12.6 Å². The third kappa shape index (κ3) is 4.09. The Labute approximate surface area is 60.3 Å². The first-order valence-electron chi connectivity index (χ1n) is 2.59. The molecular formula is C6H9O2S. The normalized spacial score (nSPS) is 8.67. The molecule has 0 aliphatic heterocycles. The highest BCUT2D eigenvalue weighted by molar-refractivity contribution is 7.80. The zero-order valence-corrected chi connectivity index (χ0v) is 6.16. The third-order valence-electron chi connectivity index (χ3n) is 0.665. The van der Waals surface area contributed by atoms with Crippen LogP contribution in [0.15, 0.2) is 12.2 Å². The van der Waals surface area contributed by atoms with Gasteiger partial charge in [-0.25, -0.2) is 4.79 Å². The van der Waals surface area contributed by atoms with Gasteiger partial charge in [0.2, 0.25) is 0 Å². The van der Waals surface area contributed by atoms with Gasteiger partial charge in [0.15, 0.2) is 0 Å². The van der Waals surface area contributed by atoms with Crippen LogP contribution in [0.1, 0.15) is 6.92 Å². The standard InChI is InChI=1S/C6H9O2S/c1-5(2)6(7)8-3-4-9/h1,3-4H2,2H3. The van der Waals surface area contributed by atoms with E-state index >= 15 is 0 Å². The molecule has 0 atom stereocenters. The molecule has 0 aliphatic carbocycles. The maximum atomic E-state index is 10.5. The second kappa shape index (κ2) is 4.44. The fourth-order valence-electron chi connectivity index (χ4n) is 0.258. The van der Waals surface area contributed by atoms with E-state index in [0.29, 0.717) is 17.9 Å². The number of carbonyl (C=O) groups excluding carboxylic acids is 1. The van der Waals surface area contributed by atoms with Gasteiger partial charge in [-0.15, -0.1) is 0 Å². The molecule has 0 aromatic carbocycles. The summed E-state index contributed by atoms with van der Waals surface area (Å²) in [5.74, 6) is 0.0822. The zero-order chi connectivity index (χ0) is 7.28. The molecule has 2 nitrogen and oxygen atoms in total. The maximum Gasteiger partial charge on any atom is 0.333 e. The molecule has 0 saturated heterocycles. The monoisotopic (exact) mass is 145 g/mol. The van der Waals surface area contributed by atoms with E-state index in [-0.39, 0.29) is 5.97 Å². The van der Waals surface area contributed by atoms with E-state index in [2.05, 4.69) is 23.9 Å². The molecule has 0 amide bonds. The van der Waals surface area contributed by atoms with E-state index in [4.69, 9.17) is 0 Å². The molecule has 0 aliphatic rings. The Morgan fingerprint density at radius 3 is 2.67 bits per heavy atom. The summed E-state index contributed by atoms with van der Waals surface area (Å²) in [6.45, 7) is 5.31. The van der Waals surface area contributed by atoms with Crippen molar-refractivity contribution in [1.29, 1.82) is 0 Å². The molecule has 0 aromatic heterocycles. The predicted molar refractivity (Wildman–Crippen MR) is 38.2 cm³/mol. The average Bonchev–Trinajstić information content (AvgIpc) is 1.82. The van der Waals surface area contributed by atoms with Crippen LogP contribution in [-0.4, -0.2) is 18.3 Å². The van der Waals surface area contributed by atoms with Gasteiger partial charge >= 0.3 is 5.97 Å². The van der Waals surface area contributed by atoms with Crippen LogP contribution < -0.4 is 0 Å². The highest BCUT2D eigenvalue weighted by Crippen LogP contribution is 1.91. The minimum absolute atomic E-state index is 0.307. The molecule has 0 unspecified atom stereocenters. The molecule has 0 heterocycles. The molecule has 0 rings (SSSR count). The highest BCUT2D eigenvalue weighted by Gasteiger charge is 1.99. The van der Waals surface area contributed by atoms with E-state index in [9.17, 15) is 4.79 Å². The molecule has 3 heteroatoms. The van der Waals surface area contributed by atoms with Crippen molar-refractivity contribution in [1.82, 2.24) is 0 Å². The summed E-state index contributed by atoms with van der Waals surface area (Å²) in [5.41, 5.74) is 0.415. The average molecular weight is 145 g/mol. The largest absolute Gasteiger partial charge is 0.461 e. The summed E-state index contributed by atoms with van der Waals surface area (Å²) in [5, 5.41) is 0. The number of carbonyl (C=O) groups is 1. The number of hydrogen-bond donors (Lipinski definition) is 0. The Bertz CT molecular complexity index is 120. The van der Waals surface area contributed by atoms with Gasteiger partial charge in [-0.05, 0) is 6.92 Å². The summed E-state index contributed by atoms with van der Waals surface area (Å²) in [6, 6.07) is 0. The van der Waals surface area contributed by atoms with E-state index < -0.39 is 0 Å². The first kappa shape index (κ1) is 8.56. The van der Waals surface area contributed by atoms with Gasteiger partial charge in [0.05, 0.1) is 0 Å². The van der Waals surface area contributed by atoms with Gasteiger partial charge in [0.25, 0.3) is 0 Å². The van der Waals surface area contributed by atoms with Crippen LogP contribution in [0.5, 0.6) is 0 Å². The first-order valence-corrected chi connectivity index (χ1v) is 3.17. The first-order chi connectivity index (χ1) is 4.18. The van der Waals surface area contributed by atoms with Crippen molar-refractivity contribution in [2.24, 2.45) is 0 Å². The lowest BCUT2D eigenvalue weighted by Gasteiger charge is -1.98. The fourth-order valence-corrected chi connectivity index (χ4v) is 0.341. The number of ether oxygens (including phenoxy) is 1. The van der Waals surface area contributed by atoms with Gasteiger partial charge in [0, 0.05) is 11.3 Å². The van der Waals surface area contributed by atoms with Crippen molar-refractivity contribution in [3.05, 3.63) is 12.2 Å². The Balaban J connectivity index is 3.39. The van der Waals surface area contributed by atoms with Crippen molar-refractivity contribution in [2.45, 2.75) is 6.92 Å². The third-order valence-corrected chi connectivity index (χ3v) is 0.832. The topological polar surface area (TPSA) is 26.3 Å². The lowest BCUT2D eigenvalue weighted by Crippen LogP contribution is -2.06. The van der Waals surface area contributed by atoms with Crippen LogP contribution in [0, 0.1) is 0 Å².